The van der Waals surface area contributed by atoms with Crippen LogP contribution in [-0.4, -0.2) is 77.2 Å². The molecule has 1 aromatic carbocycles. The van der Waals surface area contributed by atoms with Crippen molar-refractivity contribution in [2.24, 2.45) is 5.92 Å². The number of nitrogens with zero attached hydrogens (tertiary/aromatic N) is 6. The van der Waals surface area contributed by atoms with Crippen LogP contribution in [-0.2, 0) is 9.47 Å². The van der Waals surface area contributed by atoms with Crippen LogP contribution in [0.15, 0.2) is 30.3 Å². The summed E-state index contributed by atoms with van der Waals surface area (Å²) >= 11 is 0. The van der Waals surface area contributed by atoms with E-state index in [4.69, 9.17) is 19.4 Å². The molecule has 0 saturated carbocycles. The van der Waals surface area contributed by atoms with E-state index in [9.17, 15) is 13.6 Å². The number of morpholine rings is 1. The molecule has 1 amide bonds. The molecule has 0 unspecified atom stereocenters. The normalized spacial score (nSPS) is 17.1. The lowest BCUT2D eigenvalue weighted by Crippen LogP contribution is -2.38. The van der Waals surface area contributed by atoms with Gasteiger partial charge in [-0.2, -0.15) is 9.97 Å². The van der Waals surface area contributed by atoms with Gasteiger partial charge in [-0.3, -0.25) is 4.57 Å². The molecule has 0 radical (unpaired) electrons. The molecule has 5 rings (SSSR count). The quantitative estimate of drug-likeness (QED) is 0.446. The summed E-state index contributed by atoms with van der Waals surface area (Å²) in [5.41, 5.74) is 0.491. The molecule has 2 aliphatic heterocycles. The Morgan fingerprint density at radius 2 is 1.70 bits per heavy atom. The number of fused-ring (bicyclic) bond motifs is 1. The summed E-state index contributed by atoms with van der Waals surface area (Å²) in [6, 6.07) is 8.99. The summed E-state index contributed by atoms with van der Waals surface area (Å²) in [7, 11) is 0. The van der Waals surface area contributed by atoms with E-state index in [1.165, 1.54) is 4.57 Å². The summed E-state index contributed by atoms with van der Waals surface area (Å²) < 4.78 is 40.5. The number of nitrogens with one attached hydrogen (secondary N) is 1. The molecular weight excluding hydrogens is 520 g/mol. The van der Waals surface area contributed by atoms with E-state index in [1.807, 2.05) is 26.8 Å². The van der Waals surface area contributed by atoms with Crippen molar-refractivity contribution in [3.8, 4) is 5.95 Å². The zero-order chi connectivity index (χ0) is 28.3. The largest absolute Gasteiger partial charge is 0.444 e. The van der Waals surface area contributed by atoms with Crippen molar-refractivity contribution in [3.63, 3.8) is 0 Å². The minimum Gasteiger partial charge on any atom is -0.444 e. The Balaban J connectivity index is 1.36. The molecule has 216 valence electrons. The molecule has 2 fully saturated rings. The fourth-order valence-electron chi connectivity index (χ4n) is 5.17. The molecule has 12 heteroatoms. The highest BCUT2D eigenvalue weighted by Crippen LogP contribution is 2.31. The van der Waals surface area contributed by atoms with Crippen molar-refractivity contribution in [3.05, 3.63) is 36.2 Å². The highest BCUT2D eigenvalue weighted by atomic mass is 19.3. The van der Waals surface area contributed by atoms with Crippen LogP contribution in [0.4, 0.5) is 25.2 Å². The molecule has 0 bridgehead atoms. The average molecular weight is 558 g/mol. The number of aromatic nitrogens is 4. The van der Waals surface area contributed by atoms with Crippen LogP contribution in [0, 0.1) is 5.92 Å². The number of imidazole rings is 1. The molecule has 10 nitrogen and oxygen atoms in total. The van der Waals surface area contributed by atoms with E-state index in [2.05, 4.69) is 20.1 Å². The monoisotopic (exact) mass is 557 g/mol. The van der Waals surface area contributed by atoms with Gasteiger partial charge < -0.3 is 24.6 Å². The first-order valence-electron chi connectivity index (χ1n) is 13.9. The molecule has 2 aromatic heterocycles. The number of rotatable bonds is 7. The molecule has 0 spiro atoms. The number of carbonyl (C=O) groups excluding carboxylic acids is 1. The molecule has 1 N–H and O–H groups in total. The van der Waals surface area contributed by atoms with Crippen molar-refractivity contribution in [2.75, 3.05) is 55.7 Å². The lowest BCUT2D eigenvalue weighted by molar-refractivity contribution is 0.0524. The number of hydrogen-bond acceptors (Lipinski definition) is 8. The van der Waals surface area contributed by atoms with Crippen LogP contribution in [0.1, 0.15) is 52.3 Å². The number of anilines is 2. The Morgan fingerprint density at radius 1 is 1.05 bits per heavy atom. The van der Waals surface area contributed by atoms with Crippen LogP contribution >= 0.6 is 0 Å². The van der Waals surface area contributed by atoms with Gasteiger partial charge in [0.25, 0.3) is 6.43 Å². The highest BCUT2D eigenvalue weighted by Gasteiger charge is 2.26. The SMILES string of the molecule is CC(C)(C)OC(=O)NCCC1CCN(c2cc(N3CCOCC3)nc(-n3c(C(F)F)nc4ccccc43)n2)CC1. The number of benzene rings is 1. The highest BCUT2D eigenvalue weighted by molar-refractivity contribution is 5.78. The molecule has 2 aliphatic rings. The van der Waals surface area contributed by atoms with Gasteiger partial charge in [0.05, 0.1) is 24.2 Å². The summed E-state index contributed by atoms with van der Waals surface area (Å²) in [6.45, 7) is 10.1. The van der Waals surface area contributed by atoms with Crippen molar-refractivity contribution < 1.29 is 23.0 Å². The first-order valence-corrected chi connectivity index (χ1v) is 13.9. The van der Waals surface area contributed by atoms with E-state index in [0.29, 0.717) is 61.4 Å². The third kappa shape index (κ3) is 6.60. The molecule has 0 aliphatic carbocycles. The first kappa shape index (κ1) is 28.0. The Bertz CT molecular complexity index is 1310. The van der Waals surface area contributed by atoms with Gasteiger partial charge in [-0.15, -0.1) is 0 Å². The van der Waals surface area contributed by atoms with Crippen molar-refractivity contribution in [2.45, 2.75) is 52.1 Å². The Hall–Kier alpha value is -3.54. The van der Waals surface area contributed by atoms with Gasteiger partial charge in [0.2, 0.25) is 5.95 Å². The number of alkyl halides is 2. The van der Waals surface area contributed by atoms with Crippen LogP contribution in [0.25, 0.3) is 17.0 Å². The number of piperidine rings is 1. The van der Waals surface area contributed by atoms with Gasteiger partial charge in [0, 0.05) is 38.8 Å². The predicted molar refractivity (Wildman–Crippen MR) is 148 cm³/mol. The summed E-state index contributed by atoms with van der Waals surface area (Å²) in [5.74, 6) is 1.66. The third-order valence-corrected chi connectivity index (χ3v) is 7.16. The van der Waals surface area contributed by atoms with Gasteiger partial charge in [0.15, 0.2) is 5.82 Å². The van der Waals surface area contributed by atoms with Gasteiger partial charge >= 0.3 is 6.09 Å². The average Bonchev–Trinajstić information content (AvgIpc) is 3.33. The fraction of sp³-hybridized carbons (Fsp3) is 0.571. The number of alkyl carbamates (subject to hydrolysis) is 1. The maximum absolute atomic E-state index is 14.1. The Morgan fingerprint density at radius 3 is 2.35 bits per heavy atom. The molecule has 3 aromatic rings. The predicted octanol–water partition coefficient (Wildman–Crippen LogP) is 4.72. The molecule has 4 heterocycles. The maximum atomic E-state index is 14.1. The minimum absolute atomic E-state index is 0.187. The number of halogens is 2. The van der Waals surface area contributed by atoms with E-state index >= 15 is 0 Å². The maximum Gasteiger partial charge on any atom is 0.407 e. The zero-order valence-corrected chi connectivity index (χ0v) is 23.3. The second-order valence-corrected chi connectivity index (χ2v) is 11.2. The molecule has 2 saturated heterocycles. The first-order chi connectivity index (χ1) is 19.2. The third-order valence-electron chi connectivity index (χ3n) is 7.16. The van der Waals surface area contributed by atoms with Gasteiger partial charge in [-0.25, -0.2) is 18.6 Å². The minimum atomic E-state index is -2.78. The standard InChI is InChI=1S/C28H37F2N7O3/c1-28(2,3)40-27(38)31-11-8-19-9-12-35(13-10-19)22-18-23(36-14-16-39-17-15-36)34-26(33-22)37-21-7-5-4-6-20(21)32-25(37)24(29)30/h4-7,18-19,24H,8-17H2,1-3H3,(H,31,38). The lowest BCUT2D eigenvalue weighted by Gasteiger charge is -2.34. The number of amides is 1. The summed E-state index contributed by atoms with van der Waals surface area (Å²) in [5, 5.41) is 2.84. The number of ether oxygens (including phenoxy) is 2. The second-order valence-electron chi connectivity index (χ2n) is 11.2. The van der Waals surface area contributed by atoms with Crippen molar-refractivity contribution >= 4 is 28.8 Å². The van der Waals surface area contributed by atoms with Crippen LogP contribution in [0.2, 0.25) is 0 Å². The van der Waals surface area contributed by atoms with Gasteiger partial charge in [-0.05, 0) is 58.1 Å². The Labute approximate surface area is 232 Å². The van der Waals surface area contributed by atoms with Crippen LogP contribution in [0.5, 0.6) is 0 Å². The van der Waals surface area contributed by atoms with Gasteiger partial charge in [-0.1, -0.05) is 12.1 Å². The second kappa shape index (κ2) is 11.9. The molecule has 0 atom stereocenters. The van der Waals surface area contributed by atoms with Gasteiger partial charge in [0.1, 0.15) is 17.2 Å². The van der Waals surface area contributed by atoms with Crippen molar-refractivity contribution in [1.82, 2.24) is 24.8 Å². The molecular formula is C28H37F2N7O3. The summed E-state index contributed by atoms with van der Waals surface area (Å²) in [6.07, 6.45) is -0.461. The fourth-order valence-corrected chi connectivity index (χ4v) is 5.17. The van der Waals surface area contributed by atoms with E-state index in [0.717, 1.165) is 32.4 Å². The van der Waals surface area contributed by atoms with Crippen LogP contribution in [0.3, 0.4) is 0 Å². The number of para-hydroxylation sites is 2. The van der Waals surface area contributed by atoms with Crippen LogP contribution < -0.4 is 15.1 Å². The van der Waals surface area contributed by atoms with E-state index in [1.54, 1.807) is 24.3 Å². The zero-order valence-electron chi connectivity index (χ0n) is 23.3. The summed E-state index contributed by atoms with van der Waals surface area (Å²) in [4.78, 5) is 30.0. The molecule has 40 heavy (non-hydrogen) atoms. The smallest absolute Gasteiger partial charge is 0.407 e. The number of carbonyl (C=O) groups is 1. The number of hydrogen-bond donors (Lipinski definition) is 1. The van der Waals surface area contributed by atoms with E-state index < -0.39 is 18.1 Å². The Kier molecular flexibility index (Phi) is 8.34. The lowest BCUT2D eigenvalue weighted by atomic mass is 9.93. The van der Waals surface area contributed by atoms with Crippen molar-refractivity contribution in [1.29, 1.82) is 0 Å². The topological polar surface area (TPSA) is 97.6 Å². The van der Waals surface area contributed by atoms with E-state index in [-0.39, 0.29) is 11.8 Å².